The molecule has 0 fully saturated rings. The predicted molar refractivity (Wildman–Crippen MR) is 94.6 cm³/mol. The van der Waals surface area contributed by atoms with E-state index in [1.165, 1.54) is 4.31 Å². The molecule has 0 saturated carbocycles. The molecule has 2 aromatic carbocycles. The van der Waals surface area contributed by atoms with Crippen molar-refractivity contribution in [1.82, 2.24) is 4.31 Å². The Kier molecular flexibility index (Phi) is 5.65. The molecule has 2 rings (SSSR count). The normalized spacial score (nSPS) is 11.9. The predicted octanol–water partition coefficient (Wildman–Crippen LogP) is 4.79. The zero-order valence-corrected chi connectivity index (χ0v) is 16.6. The van der Waals surface area contributed by atoms with Crippen LogP contribution in [0, 0.1) is 0 Å². The SMILES string of the molecule is CN(Cc1ccc(Br)cc1)S(=O)(=O)c1cc(Br)ccc1Br. The number of nitrogens with zero attached hydrogens (tertiary/aromatic N) is 1. The molecule has 0 atom stereocenters. The van der Waals surface area contributed by atoms with Crippen LogP contribution in [0.25, 0.3) is 0 Å². The molecular weight excluding hydrogens is 486 g/mol. The largest absolute Gasteiger partial charge is 0.244 e. The van der Waals surface area contributed by atoms with Gasteiger partial charge in [0.25, 0.3) is 0 Å². The molecule has 0 saturated heterocycles. The average molecular weight is 498 g/mol. The van der Waals surface area contributed by atoms with Crippen LogP contribution in [0.15, 0.2) is 60.8 Å². The molecule has 0 unspecified atom stereocenters. The van der Waals surface area contributed by atoms with E-state index in [-0.39, 0.29) is 4.90 Å². The molecule has 0 radical (unpaired) electrons. The Morgan fingerprint density at radius 3 is 2.14 bits per heavy atom. The van der Waals surface area contributed by atoms with Crippen molar-refractivity contribution in [2.45, 2.75) is 11.4 Å². The fraction of sp³-hybridized carbons (Fsp3) is 0.143. The van der Waals surface area contributed by atoms with Gasteiger partial charge in [-0.1, -0.05) is 44.0 Å². The van der Waals surface area contributed by atoms with Crippen molar-refractivity contribution in [3.8, 4) is 0 Å². The summed E-state index contributed by atoms with van der Waals surface area (Å²) in [5, 5.41) is 0. The summed E-state index contributed by atoms with van der Waals surface area (Å²) in [6, 6.07) is 12.7. The van der Waals surface area contributed by atoms with E-state index in [4.69, 9.17) is 0 Å². The molecule has 0 aliphatic carbocycles. The van der Waals surface area contributed by atoms with E-state index in [9.17, 15) is 8.42 Å². The Hall–Kier alpha value is -0.210. The Morgan fingerprint density at radius 1 is 0.952 bits per heavy atom. The minimum Gasteiger partial charge on any atom is -0.207 e. The molecular formula is C14H12Br3NO2S. The Balaban J connectivity index is 2.30. The fourth-order valence-electron chi connectivity index (χ4n) is 1.77. The van der Waals surface area contributed by atoms with Gasteiger partial charge in [0.15, 0.2) is 0 Å². The molecule has 0 aliphatic heterocycles. The number of sulfonamides is 1. The van der Waals surface area contributed by atoms with Gasteiger partial charge in [-0.3, -0.25) is 0 Å². The zero-order valence-electron chi connectivity index (χ0n) is 11.1. The molecule has 7 heteroatoms. The fourth-order valence-corrected chi connectivity index (χ4v) is 4.66. The van der Waals surface area contributed by atoms with E-state index in [2.05, 4.69) is 47.8 Å². The number of benzene rings is 2. The average Bonchev–Trinajstić information content (AvgIpc) is 2.43. The van der Waals surface area contributed by atoms with Crippen molar-refractivity contribution >= 4 is 57.8 Å². The van der Waals surface area contributed by atoms with Crippen LogP contribution in [0.1, 0.15) is 5.56 Å². The Morgan fingerprint density at radius 2 is 1.52 bits per heavy atom. The molecule has 0 bridgehead atoms. The first kappa shape index (κ1) is 17.1. The number of rotatable bonds is 4. The minimum absolute atomic E-state index is 0.247. The van der Waals surface area contributed by atoms with Crippen LogP contribution in [0.2, 0.25) is 0 Å². The highest BCUT2D eigenvalue weighted by Gasteiger charge is 2.23. The van der Waals surface area contributed by atoms with Gasteiger partial charge in [-0.2, -0.15) is 4.31 Å². The second kappa shape index (κ2) is 6.91. The number of halogens is 3. The van der Waals surface area contributed by atoms with Gasteiger partial charge in [-0.05, 0) is 51.8 Å². The molecule has 0 aliphatic rings. The summed E-state index contributed by atoms with van der Waals surface area (Å²) < 4.78 is 28.9. The first-order valence-electron chi connectivity index (χ1n) is 5.96. The third-order valence-electron chi connectivity index (χ3n) is 2.90. The summed E-state index contributed by atoms with van der Waals surface area (Å²) in [7, 11) is -1.98. The van der Waals surface area contributed by atoms with E-state index in [0.29, 0.717) is 11.0 Å². The van der Waals surface area contributed by atoms with Gasteiger partial charge in [0.2, 0.25) is 10.0 Å². The van der Waals surface area contributed by atoms with Crippen molar-refractivity contribution in [3.05, 3.63) is 61.4 Å². The van der Waals surface area contributed by atoms with E-state index in [1.54, 1.807) is 25.2 Å². The lowest BCUT2D eigenvalue weighted by molar-refractivity contribution is 0.466. The highest BCUT2D eigenvalue weighted by atomic mass is 79.9. The summed E-state index contributed by atoms with van der Waals surface area (Å²) in [5.41, 5.74) is 0.926. The third-order valence-corrected chi connectivity index (χ3v) is 6.72. The zero-order chi connectivity index (χ0) is 15.6. The molecule has 3 nitrogen and oxygen atoms in total. The van der Waals surface area contributed by atoms with Crippen molar-refractivity contribution in [2.75, 3.05) is 7.05 Å². The summed E-state index contributed by atoms with van der Waals surface area (Å²) in [6.45, 7) is 0.314. The quantitative estimate of drug-likeness (QED) is 0.608. The first-order chi connectivity index (χ1) is 9.80. The van der Waals surface area contributed by atoms with Crippen molar-refractivity contribution in [1.29, 1.82) is 0 Å². The standard InChI is InChI=1S/C14H12Br3NO2S/c1-18(9-10-2-4-11(15)5-3-10)21(19,20)14-8-12(16)6-7-13(14)17/h2-8H,9H2,1H3. The highest BCUT2D eigenvalue weighted by molar-refractivity contribution is 9.11. The van der Waals surface area contributed by atoms with Gasteiger partial charge in [-0.15, -0.1) is 0 Å². The molecule has 0 aromatic heterocycles. The van der Waals surface area contributed by atoms with Gasteiger partial charge in [-0.25, -0.2) is 8.42 Å². The van der Waals surface area contributed by atoms with Crippen LogP contribution >= 0.6 is 47.8 Å². The van der Waals surface area contributed by atoms with Gasteiger partial charge >= 0.3 is 0 Å². The first-order valence-corrected chi connectivity index (χ1v) is 9.78. The molecule has 2 aromatic rings. The molecule has 0 heterocycles. The van der Waals surface area contributed by atoms with Crippen LogP contribution in [0.3, 0.4) is 0 Å². The topological polar surface area (TPSA) is 37.4 Å². The lowest BCUT2D eigenvalue weighted by Gasteiger charge is -2.18. The molecule has 0 spiro atoms. The van der Waals surface area contributed by atoms with Crippen LogP contribution in [-0.4, -0.2) is 19.8 Å². The smallest absolute Gasteiger partial charge is 0.207 e. The van der Waals surface area contributed by atoms with Crippen LogP contribution < -0.4 is 0 Å². The number of hydrogen-bond acceptors (Lipinski definition) is 2. The number of hydrogen-bond donors (Lipinski definition) is 0. The van der Waals surface area contributed by atoms with E-state index in [1.807, 2.05) is 24.3 Å². The second-order valence-corrected chi connectivity index (χ2v) is 9.16. The lowest BCUT2D eigenvalue weighted by Crippen LogP contribution is -2.26. The van der Waals surface area contributed by atoms with E-state index < -0.39 is 10.0 Å². The molecule has 112 valence electrons. The Bertz CT molecular complexity index is 745. The van der Waals surface area contributed by atoms with Crippen LogP contribution in [0.4, 0.5) is 0 Å². The monoisotopic (exact) mass is 495 g/mol. The summed E-state index contributed by atoms with van der Waals surface area (Å²) in [5.74, 6) is 0. The lowest BCUT2D eigenvalue weighted by atomic mass is 10.2. The van der Waals surface area contributed by atoms with E-state index in [0.717, 1.165) is 14.5 Å². The maximum atomic E-state index is 12.6. The van der Waals surface area contributed by atoms with Gasteiger partial charge in [0.1, 0.15) is 0 Å². The summed E-state index contributed by atoms with van der Waals surface area (Å²) in [6.07, 6.45) is 0. The second-order valence-electron chi connectivity index (χ2n) is 4.46. The molecule has 0 amide bonds. The summed E-state index contributed by atoms with van der Waals surface area (Å²) in [4.78, 5) is 0.247. The Labute approximate surface area is 149 Å². The van der Waals surface area contributed by atoms with Crippen molar-refractivity contribution < 1.29 is 8.42 Å². The van der Waals surface area contributed by atoms with Crippen molar-refractivity contribution in [3.63, 3.8) is 0 Å². The highest BCUT2D eigenvalue weighted by Crippen LogP contribution is 2.28. The van der Waals surface area contributed by atoms with Crippen molar-refractivity contribution in [2.24, 2.45) is 0 Å². The minimum atomic E-state index is -3.56. The molecule has 0 N–H and O–H groups in total. The maximum Gasteiger partial charge on any atom is 0.244 e. The van der Waals surface area contributed by atoms with Crippen LogP contribution in [0.5, 0.6) is 0 Å². The van der Waals surface area contributed by atoms with Gasteiger partial charge in [0, 0.05) is 27.0 Å². The molecule has 21 heavy (non-hydrogen) atoms. The van der Waals surface area contributed by atoms with Gasteiger partial charge in [0.05, 0.1) is 4.90 Å². The van der Waals surface area contributed by atoms with Crippen LogP contribution in [-0.2, 0) is 16.6 Å². The third kappa shape index (κ3) is 4.16. The van der Waals surface area contributed by atoms with Gasteiger partial charge < -0.3 is 0 Å². The van der Waals surface area contributed by atoms with E-state index >= 15 is 0 Å². The summed E-state index contributed by atoms with van der Waals surface area (Å²) >= 11 is 9.96. The maximum absolute atomic E-state index is 12.6.